The van der Waals surface area contributed by atoms with Gasteiger partial charge in [-0.15, -0.1) is 0 Å². The highest BCUT2D eigenvalue weighted by molar-refractivity contribution is 5.99. The summed E-state index contributed by atoms with van der Waals surface area (Å²) in [6.07, 6.45) is -0.498. The van der Waals surface area contributed by atoms with Crippen LogP contribution in [0.1, 0.15) is 47.8 Å². The summed E-state index contributed by atoms with van der Waals surface area (Å²) in [6.45, 7) is 9.48. The van der Waals surface area contributed by atoms with Crippen LogP contribution in [0.2, 0.25) is 0 Å². The zero-order chi connectivity index (χ0) is 23.2. The zero-order valence-electron chi connectivity index (χ0n) is 19.0. The van der Waals surface area contributed by atoms with Crippen LogP contribution in [0.4, 0.5) is 10.5 Å². The molecule has 0 saturated carbocycles. The highest BCUT2D eigenvalue weighted by atomic mass is 16.6. The quantitative estimate of drug-likeness (QED) is 0.731. The van der Waals surface area contributed by atoms with Gasteiger partial charge in [0, 0.05) is 24.8 Å². The number of carbonyl (C=O) groups is 3. The summed E-state index contributed by atoms with van der Waals surface area (Å²) < 4.78 is 5.20. The normalized spacial score (nSPS) is 10.9. The maximum atomic E-state index is 12.7. The van der Waals surface area contributed by atoms with Crippen molar-refractivity contribution in [3.05, 3.63) is 64.7 Å². The number of rotatable bonds is 6. The van der Waals surface area contributed by atoms with E-state index >= 15 is 0 Å². The van der Waals surface area contributed by atoms with E-state index in [1.807, 2.05) is 32.0 Å². The van der Waals surface area contributed by atoms with Crippen LogP contribution in [0, 0.1) is 13.8 Å². The van der Waals surface area contributed by atoms with Gasteiger partial charge in [-0.25, -0.2) is 4.79 Å². The summed E-state index contributed by atoms with van der Waals surface area (Å²) in [5, 5.41) is 5.56. The molecule has 0 spiro atoms. The Balaban J connectivity index is 1.90. The van der Waals surface area contributed by atoms with E-state index in [0.717, 1.165) is 22.4 Å². The second kappa shape index (κ2) is 10.1. The molecule has 0 fully saturated rings. The van der Waals surface area contributed by atoms with E-state index in [0.29, 0.717) is 5.56 Å². The number of likely N-dealkylation sites (N-methyl/N-ethyl adjacent to an activating group) is 1. The monoisotopic (exact) mass is 425 g/mol. The summed E-state index contributed by atoms with van der Waals surface area (Å²) in [5.41, 5.74) is 3.45. The summed E-state index contributed by atoms with van der Waals surface area (Å²) in [6, 6.07) is 12.7. The Morgan fingerprint density at radius 1 is 0.968 bits per heavy atom. The third-order valence-electron chi connectivity index (χ3n) is 4.51. The van der Waals surface area contributed by atoms with Crippen LogP contribution in [0.15, 0.2) is 42.5 Å². The molecule has 7 heteroatoms. The Kier molecular flexibility index (Phi) is 7.80. The average Bonchev–Trinajstić information content (AvgIpc) is 2.68. The Hall–Kier alpha value is -3.35. The minimum atomic E-state index is -0.560. The van der Waals surface area contributed by atoms with Crippen molar-refractivity contribution in [2.24, 2.45) is 0 Å². The first-order valence-corrected chi connectivity index (χ1v) is 10.1. The van der Waals surface area contributed by atoms with E-state index in [1.165, 1.54) is 4.90 Å². The van der Waals surface area contributed by atoms with Crippen molar-refractivity contribution in [3.8, 4) is 0 Å². The van der Waals surface area contributed by atoms with Crippen LogP contribution in [0.5, 0.6) is 0 Å². The van der Waals surface area contributed by atoms with Gasteiger partial charge in [-0.2, -0.15) is 0 Å². The highest BCUT2D eigenvalue weighted by Gasteiger charge is 2.17. The number of carbonyl (C=O) groups excluding carboxylic acids is 3. The van der Waals surface area contributed by atoms with Gasteiger partial charge < -0.3 is 20.3 Å². The lowest BCUT2D eigenvalue weighted by Gasteiger charge is -2.20. The second-order valence-electron chi connectivity index (χ2n) is 8.53. The van der Waals surface area contributed by atoms with Crippen molar-refractivity contribution in [2.75, 3.05) is 18.9 Å². The predicted molar refractivity (Wildman–Crippen MR) is 121 cm³/mol. The van der Waals surface area contributed by atoms with Crippen molar-refractivity contribution in [1.82, 2.24) is 10.2 Å². The third kappa shape index (κ3) is 7.44. The van der Waals surface area contributed by atoms with Gasteiger partial charge in [0.2, 0.25) is 5.91 Å². The number of hydrogen-bond acceptors (Lipinski definition) is 4. The van der Waals surface area contributed by atoms with E-state index < -0.39 is 11.7 Å². The topological polar surface area (TPSA) is 87.7 Å². The maximum Gasteiger partial charge on any atom is 0.407 e. The van der Waals surface area contributed by atoms with Crippen LogP contribution in [0.25, 0.3) is 0 Å². The second-order valence-corrected chi connectivity index (χ2v) is 8.53. The van der Waals surface area contributed by atoms with Gasteiger partial charge in [0.25, 0.3) is 5.91 Å². The molecule has 0 heterocycles. The minimum Gasteiger partial charge on any atom is -0.444 e. The van der Waals surface area contributed by atoms with Gasteiger partial charge in [0.1, 0.15) is 5.60 Å². The van der Waals surface area contributed by atoms with E-state index in [9.17, 15) is 14.4 Å². The first-order valence-electron chi connectivity index (χ1n) is 10.1. The molecule has 0 radical (unpaired) electrons. The molecule has 2 N–H and O–H groups in total. The van der Waals surface area contributed by atoms with Gasteiger partial charge in [0.15, 0.2) is 0 Å². The number of aryl methyl sites for hydroxylation is 2. The molecule has 7 nitrogen and oxygen atoms in total. The largest absolute Gasteiger partial charge is 0.444 e. The third-order valence-corrected chi connectivity index (χ3v) is 4.51. The standard InChI is InChI=1S/C24H31N3O4/c1-16-8-7-9-17(2)21(16)26-20(28)15-27(6)22(29)19-12-10-18(11-13-19)14-25-23(30)31-24(3,4)5/h7-13H,14-15H2,1-6H3,(H,25,30)(H,26,28). The molecule has 31 heavy (non-hydrogen) atoms. The number of amides is 3. The van der Waals surface area contributed by atoms with E-state index in [2.05, 4.69) is 10.6 Å². The molecule has 0 unspecified atom stereocenters. The Morgan fingerprint density at radius 3 is 2.10 bits per heavy atom. The fraction of sp³-hybridized carbons (Fsp3) is 0.375. The van der Waals surface area contributed by atoms with Crippen molar-refractivity contribution in [1.29, 1.82) is 0 Å². The molecular weight excluding hydrogens is 394 g/mol. The van der Waals surface area contributed by atoms with Crippen molar-refractivity contribution >= 4 is 23.6 Å². The molecule has 0 aromatic heterocycles. The maximum absolute atomic E-state index is 12.7. The summed E-state index contributed by atoms with van der Waals surface area (Å²) >= 11 is 0. The van der Waals surface area contributed by atoms with Crippen molar-refractivity contribution in [3.63, 3.8) is 0 Å². The molecule has 166 valence electrons. The smallest absolute Gasteiger partial charge is 0.407 e. The summed E-state index contributed by atoms with van der Waals surface area (Å²) in [5.74, 6) is -0.519. The number of nitrogens with one attached hydrogen (secondary N) is 2. The molecule has 0 bridgehead atoms. The molecule has 2 rings (SSSR count). The molecule has 3 amide bonds. The van der Waals surface area contributed by atoms with E-state index in [-0.39, 0.29) is 24.9 Å². The number of alkyl carbamates (subject to hydrolysis) is 1. The Bertz CT molecular complexity index is 926. The number of hydrogen-bond donors (Lipinski definition) is 2. The molecule has 0 aliphatic heterocycles. The van der Waals surface area contributed by atoms with Crippen LogP contribution in [0.3, 0.4) is 0 Å². The van der Waals surface area contributed by atoms with Gasteiger partial charge in [-0.05, 0) is 63.4 Å². The molecule has 0 atom stereocenters. The minimum absolute atomic E-state index is 0.0610. The van der Waals surface area contributed by atoms with Gasteiger partial charge >= 0.3 is 6.09 Å². The van der Waals surface area contributed by atoms with Crippen LogP contribution < -0.4 is 10.6 Å². The first kappa shape index (κ1) is 23.9. The highest BCUT2D eigenvalue weighted by Crippen LogP contribution is 2.19. The Labute approximate surface area is 183 Å². The first-order chi connectivity index (χ1) is 14.5. The van der Waals surface area contributed by atoms with Crippen molar-refractivity contribution in [2.45, 2.75) is 46.8 Å². The average molecular weight is 426 g/mol. The zero-order valence-corrected chi connectivity index (χ0v) is 19.0. The molecule has 2 aromatic rings. The van der Waals surface area contributed by atoms with E-state index in [4.69, 9.17) is 4.74 Å². The van der Waals surface area contributed by atoms with Gasteiger partial charge in [-0.1, -0.05) is 30.3 Å². The fourth-order valence-electron chi connectivity index (χ4n) is 2.95. The lowest BCUT2D eigenvalue weighted by Crippen LogP contribution is -2.35. The lowest BCUT2D eigenvalue weighted by molar-refractivity contribution is -0.116. The molecule has 0 aliphatic carbocycles. The SMILES string of the molecule is Cc1cccc(C)c1NC(=O)CN(C)C(=O)c1ccc(CNC(=O)OC(C)(C)C)cc1. The van der Waals surface area contributed by atoms with Crippen LogP contribution >= 0.6 is 0 Å². The van der Waals surface area contributed by atoms with E-state index in [1.54, 1.807) is 52.1 Å². The van der Waals surface area contributed by atoms with Crippen LogP contribution in [-0.4, -0.2) is 42.0 Å². The number of ether oxygens (including phenoxy) is 1. The molecule has 2 aromatic carbocycles. The van der Waals surface area contributed by atoms with Crippen LogP contribution in [-0.2, 0) is 16.1 Å². The number of para-hydroxylation sites is 1. The van der Waals surface area contributed by atoms with Gasteiger partial charge in [-0.3, -0.25) is 9.59 Å². The summed E-state index contributed by atoms with van der Waals surface area (Å²) in [4.78, 5) is 38.2. The van der Waals surface area contributed by atoms with Gasteiger partial charge in [0.05, 0.1) is 6.54 Å². The summed E-state index contributed by atoms with van der Waals surface area (Å²) in [7, 11) is 1.59. The predicted octanol–water partition coefficient (Wildman–Crippen LogP) is 4.04. The molecule has 0 aliphatic rings. The molecular formula is C24H31N3O4. The Morgan fingerprint density at radius 2 is 1.55 bits per heavy atom. The number of nitrogens with zero attached hydrogens (tertiary/aromatic N) is 1. The van der Waals surface area contributed by atoms with Crippen molar-refractivity contribution < 1.29 is 19.1 Å². The number of anilines is 1. The molecule has 0 saturated heterocycles. The lowest BCUT2D eigenvalue weighted by atomic mass is 10.1. The number of benzene rings is 2. The fourth-order valence-corrected chi connectivity index (χ4v) is 2.95.